The van der Waals surface area contributed by atoms with E-state index in [1.807, 2.05) is 0 Å². The number of fused-ring (bicyclic) bond motifs is 2. The van der Waals surface area contributed by atoms with Gasteiger partial charge in [-0.15, -0.1) is 0 Å². The predicted octanol–water partition coefficient (Wildman–Crippen LogP) is 1.31. The minimum Gasteiger partial charge on any atom is -0.412 e. The van der Waals surface area contributed by atoms with Gasteiger partial charge in [-0.1, -0.05) is 29.8 Å². The standard InChI is InChI=1S/C21H23ClN4S.CH4O3S.3H2O/c22-18-14-19-16(5-7-23-19)13-15(18)6-8-25-9-11-26(12-10-25)21-17-3-1-2-4-20(17)27-24-21;1-5(2,3)4;;;/h1-4,13-14,23H,5-12H2;1H3,(H,2,3,4);3*1H2. The average molecular weight is 549 g/mol. The van der Waals surface area contributed by atoms with Gasteiger partial charge in [-0.3, -0.25) is 9.45 Å². The molecule has 13 heteroatoms. The smallest absolute Gasteiger partial charge is 0.261 e. The minimum absolute atomic E-state index is 0. The van der Waals surface area contributed by atoms with Crippen molar-refractivity contribution in [1.29, 1.82) is 0 Å². The van der Waals surface area contributed by atoms with Crippen LogP contribution in [-0.2, 0) is 23.0 Å². The number of rotatable bonds is 4. The van der Waals surface area contributed by atoms with E-state index in [-0.39, 0.29) is 16.4 Å². The molecule has 3 heterocycles. The van der Waals surface area contributed by atoms with Crippen molar-refractivity contribution >= 4 is 54.8 Å². The fraction of sp³-hybridized carbons (Fsp3) is 0.409. The quantitative estimate of drug-likeness (QED) is 0.461. The molecule has 5 rings (SSSR count). The third-order valence-electron chi connectivity index (χ3n) is 5.71. The summed E-state index contributed by atoms with van der Waals surface area (Å²) in [7, 11) is -3.67. The summed E-state index contributed by atoms with van der Waals surface area (Å²) in [4.78, 5) is 4.98. The van der Waals surface area contributed by atoms with Crippen molar-refractivity contribution in [2.24, 2.45) is 0 Å². The van der Waals surface area contributed by atoms with Crippen LogP contribution in [0.25, 0.3) is 10.1 Å². The first-order valence-electron chi connectivity index (χ1n) is 10.6. The van der Waals surface area contributed by atoms with Gasteiger partial charge in [0.15, 0.2) is 0 Å². The first-order valence-corrected chi connectivity index (χ1v) is 13.6. The molecule has 1 fully saturated rings. The van der Waals surface area contributed by atoms with Crippen molar-refractivity contribution in [2.75, 3.05) is 55.7 Å². The third-order valence-corrected chi connectivity index (χ3v) is 6.88. The van der Waals surface area contributed by atoms with E-state index in [1.54, 1.807) is 11.5 Å². The molecule has 2 aliphatic rings. The Balaban J connectivity index is 0.000000701. The van der Waals surface area contributed by atoms with E-state index in [1.165, 1.54) is 26.9 Å². The number of aromatic nitrogens is 1. The Labute approximate surface area is 214 Å². The third kappa shape index (κ3) is 8.26. The normalized spacial score (nSPS) is 15.0. The SMILES string of the molecule is CS(=O)(=O)O.Clc1cc2c(cc1CCN1CCN(c3nsc4ccccc34)CC1)CCN2.O.O.O. The van der Waals surface area contributed by atoms with Crippen LogP contribution < -0.4 is 10.2 Å². The van der Waals surface area contributed by atoms with Gasteiger partial charge >= 0.3 is 0 Å². The first-order chi connectivity index (χ1) is 15.3. The summed E-state index contributed by atoms with van der Waals surface area (Å²) in [5.41, 5.74) is 3.91. The molecule has 35 heavy (non-hydrogen) atoms. The Bertz CT molecular complexity index is 1190. The molecular weight excluding hydrogens is 516 g/mol. The number of halogens is 1. The van der Waals surface area contributed by atoms with Crippen LogP contribution in [0.3, 0.4) is 0 Å². The molecule has 2 aliphatic heterocycles. The number of nitrogens with zero attached hydrogens (tertiary/aromatic N) is 3. The van der Waals surface area contributed by atoms with Crippen LogP contribution >= 0.6 is 23.1 Å². The predicted molar refractivity (Wildman–Crippen MR) is 144 cm³/mol. The molecule has 8 N–H and O–H groups in total. The van der Waals surface area contributed by atoms with Crippen molar-refractivity contribution in [2.45, 2.75) is 12.8 Å². The van der Waals surface area contributed by atoms with Gasteiger partial charge in [0.2, 0.25) is 0 Å². The zero-order valence-electron chi connectivity index (χ0n) is 19.4. The average Bonchev–Trinajstić information content (AvgIpc) is 3.38. The second-order valence-corrected chi connectivity index (χ2v) is 10.8. The lowest BCUT2D eigenvalue weighted by molar-refractivity contribution is 0.261. The van der Waals surface area contributed by atoms with Crippen molar-refractivity contribution in [1.82, 2.24) is 9.27 Å². The lowest BCUT2D eigenvalue weighted by Crippen LogP contribution is -2.47. The molecule has 0 saturated carbocycles. The van der Waals surface area contributed by atoms with Crippen LogP contribution in [0, 0.1) is 0 Å². The topological polar surface area (TPSA) is 180 Å². The fourth-order valence-corrected chi connectivity index (χ4v) is 5.18. The molecule has 1 aromatic heterocycles. The number of hydrogen-bond acceptors (Lipinski definition) is 7. The van der Waals surface area contributed by atoms with Gasteiger partial charge in [-0.25, -0.2) is 0 Å². The second kappa shape index (κ2) is 13.3. The largest absolute Gasteiger partial charge is 0.412 e. The summed E-state index contributed by atoms with van der Waals surface area (Å²) in [6.45, 7) is 6.33. The van der Waals surface area contributed by atoms with E-state index in [4.69, 9.17) is 20.5 Å². The maximum atomic E-state index is 9.19. The second-order valence-electron chi connectivity index (χ2n) is 8.09. The fourth-order valence-electron chi connectivity index (χ4n) is 4.13. The van der Waals surface area contributed by atoms with Gasteiger partial charge in [0.05, 0.1) is 11.0 Å². The van der Waals surface area contributed by atoms with Crippen molar-refractivity contribution in [3.8, 4) is 0 Å². The summed E-state index contributed by atoms with van der Waals surface area (Å²) in [5, 5.41) is 5.58. The molecule has 0 atom stereocenters. The van der Waals surface area contributed by atoms with Crippen LogP contribution in [0.2, 0.25) is 5.02 Å². The monoisotopic (exact) mass is 548 g/mol. The zero-order valence-corrected chi connectivity index (χ0v) is 21.8. The molecular formula is C22H33ClN4O6S2. The molecule has 0 spiro atoms. The Hall–Kier alpha value is -2.03. The summed E-state index contributed by atoms with van der Waals surface area (Å²) in [6.07, 6.45) is 2.85. The van der Waals surface area contributed by atoms with Crippen LogP contribution in [-0.4, -0.2) is 84.2 Å². The van der Waals surface area contributed by atoms with Crippen molar-refractivity contribution < 1.29 is 29.4 Å². The van der Waals surface area contributed by atoms with Gasteiger partial charge in [-0.05, 0) is 53.7 Å². The zero-order chi connectivity index (χ0) is 22.7. The highest BCUT2D eigenvalue weighted by atomic mass is 35.5. The minimum atomic E-state index is -3.67. The Morgan fingerprint density at radius 1 is 1.11 bits per heavy atom. The highest BCUT2D eigenvalue weighted by Crippen LogP contribution is 2.31. The van der Waals surface area contributed by atoms with E-state index >= 15 is 0 Å². The van der Waals surface area contributed by atoms with E-state index in [0.717, 1.165) is 63.0 Å². The van der Waals surface area contributed by atoms with Crippen molar-refractivity contribution in [3.63, 3.8) is 0 Å². The maximum absolute atomic E-state index is 9.19. The van der Waals surface area contributed by atoms with E-state index in [2.05, 4.69) is 51.5 Å². The van der Waals surface area contributed by atoms with Gasteiger partial charge in [0, 0.05) is 55.4 Å². The van der Waals surface area contributed by atoms with E-state index in [0.29, 0.717) is 6.26 Å². The van der Waals surface area contributed by atoms with Crippen LogP contribution in [0.15, 0.2) is 36.4 Å². The summed E-state index contributed by atoms with van der Waals surface area (Å²) in [6, 6.07) is 12.9. The highest BCUT2D eigenvalue weighted by Gasteiger charge is 2.21. The molecule has 0 aliphatic carbocycles. The van der Waals surface area contributed by atoms with Gasteiger partial charge in [0.1, 0.15) is 5.82 Å². The van der Waals surface area contributed by atoms with Gasteiger partial charge < -0.3 is 26.6 Å². The maximum Gasteiger partial charge on any atom is 0.261 e. The van der Waals surface area contributed by atoms with Crippen molar-refractivity contribution in [3.05, 3.63) is 52.5 Å². The van der Waals surface area contributed by atoms with Gasteiger partial charge in [-0.2, -0.15) is 12.8 Å². The number of hydrogen-bond donors (Lipinski definition) is 2. The Morgan fingerprint density at radius 3 is 2.46 bits per heavy atom. The summed E-state index contributed by atoms with van der Waals surface area (Å²) >= 11 is 8.10. The molecule has 10 nitrogen and oxygen atoms in total. The molecule has 0 bridgehead atoms. The number of piperazine rings is 1. The molecule has 196 valence electrons. The van der Waals surface area contributed by atoms with E-state index in [9.17, 15) is 8.42 Å². The summed E-state index contributed by atoms with van der Waals surface area (Å²) < 4.78 is 31.8. The number of benzene rings is 2. The molecule has 0 amide bonds. The lowest BCUT2D eigenvalue weighted by Gasteiger charge is -2.35. The number of anilines is 2. The molecule has 1 saturated heterocycles. The lowest BCUT2D eigenvalue weighted by atomic mass is 10.1. The molecule has 0 radical (unpaired) electrons. The molecule has 3 aromatic rings. The molecule has 0 unspecified atom stereocenters. The summed E-state index contributed by atoms with van der Waals surface area (Å²) in [5.74, 6) is 1.16. The van der Waals surface area contributed by atoms with Crippen LogP contribution in [0.1, 0.15) is 11.1 Å². The first kappa shape index (κ1) is 31.0. The Morgan fingerprint density at radius 2 is 1.77 bits per heavy atom. The van der Waals surface area contributed by atoms with E-state index < -0.39 is 10.1 Å². The van der Waals surface area contributed by atoms with Gasteiger partial charge in [0.25, 0.3) is 10.1 Å². The highest BCUT2D eigenvalue weighted by molar-refractivity contribution is 7.85. The number of nitrogens with one attached hydrogen (secondary N) is 1. The molecule has 2 aromatic carbocycles. The van der Waals surface area contributed by atoms with Crippen LogP contribution in [0.4, 0.5) is 11.5 Å². The Kier molecular flexibility index (Phi) is 11.8. The van der Waals surface area contributed by atoms with Crippen LogP contribution in [0.5, 0.6) is 0 Å².